The quantitative estimate of drug-likeness (QED) is 0.866. The van der Waals surface area contributed by atoms with E-state index in [1.165, 1.54) is 12.1 Å². The number of benzene rings is 1. The largest absolute Gasteiger partial charge is 0.395 e. The Labute approximate surface area is 125 Å². The van der Waals surface area contributed by atoms with Gasteiger partial charge in [-0.3, -0.25) is 4.90 Å². The smallest absolute Gasteiger partial charge is 0.124 e. The van der Waals surface area contributed by atoms with Crippen LogP contribution in [-0.2, 0) is 11.3 Å². The molecule has 0 aromatic heterocycles. The van der Waals surface area contributed by atoms with Crippen LogP contribution in [0.3, 0.4) is 0 Å². The fourth-order valence-corrected chi connectivity index (χ4v) is 2.43. The lowest BCUT2D eigenvalue weighted by Gasteiger charge is -2.37. The molecule has 1 aromatic carbocycles. The molecule has 0 radical (unpaired) electrons. The van der Waals surface area contributed by atoms with Gasteiger partial charge >= 0.3 is 0 Å². The standard InChI is InChI=1S/C17H22FNO2/c1-13-12-21-14(2)10-19(13)11-16-6-7-17(18)9-15(16)5-3-4-8-20/h6-7,9,13-14,20H,4,8,10-12H2,1-2H3. The molecule has 21 heavy (non-hydrogen) atoms. The van der Waals surface area contributed by atoms with E-state index < -0.39 is 0 Å². The minimum atomic E-state index is -0.282. The second-order valence-electron chi connectivity index (χ2n) is 5.50. The van der Waals surface area contributed by atoms with Gasteiger partial charge in [-0.2, -0.15) is 0 Å². The van der Waals surface area contributed by atoms with Crippen molar-refractivity contribution < 1.29 is 14.2 Å². The van der Waals surface area contributed by atoms with Crippen molar-refractivity contribution in [2.75, 3.05) is 19.8 Å². The summed E-state index contributed by atoms with van der Waals surface area (Å²) in [5.41, 5.74) is 1.72. The van der Waals surface area contributed by atoms with Gasteiger partial charge in [-0.15, -0.1) is 0 Å². The molecule has 1 aliphatic rings. The molecule has 1 aromatic rings. The minimum Gasteiger partial charge on any atom is -0.395 e. The summed E-state index contributed by atoms with van der Waals surface area (Å²) >= 11 is 0. The van der Waals surface area contributed by atoms with E-state index in [9.17, 15) is 4.39 Å². The van der Waals surface area contributed by atoms with Gasteiger partial charge in [0.1, 0.15) is 5.82 Å². The highest BCUT2D eigenvalue weighted by atomic mass is 19.1. The van der Waals surface area contributed by atoms with Gasteiger partial charge in [0, 0.05) is 31.1 Å². The molecular formula is C17H22FNO2. The normalized spacial score (nSPS) is 22.7. The first kappa shape index (κ1) is 16.0. The van der Waals surface area contributed by atoms with E-state index in [1.54, 1.807) is 6.07 Å². The molecule has 1 fully saturated rings. The maximum absolute atomic E-state index is 13.4. The highest BCUT2D eigenvalue weighted by molar-refractivity contribution is 5.41. The maximum atomic E-state index is 13.4. The van der Waals surface area contributed by atoms with Crippen LogP contribution in [0, 0.1) is 17.7 Å². The molecular weight excluding hydrogens is 269 g/mol. The molecule has 2 atom stereocenters. The highest BCUT2D eigenvalue weighted by Crippen LogP contribution is 2.18. The van der Waals surface area contributed by atoms with Gasteiger partial charge < -0.3 is 9.84 Å². The zero-order valence-electron chi connectivity index (χ0n) is 12.6. The Balaban J connectivity index is 2.17. The van der Waals surface area contributed by atoms with Crippen molar-refractivity contribution in [3.05, 3.63) is 35.1 Å². The van der Waals surface area contributed by atoms with Gasteiger partial charge in [-0.25, -0.2) is 4.39 Å². The fourth-order valence-electron chi connectivity index (χ4n) is 2.43. The number of aliphatic hydroxyl groups is 1. The Kier molecular flexibility index (Phi) is 5.75. The number of rotatable bonds is 3. The third kappa shape index (κ3) is 4.53. The van der Waals surface area contributed by atoms with E-state index in [0.29, 0.717) is 24.6 Å². The fraction of sp³-hybridized carbons (Fsp3) is 0.529. The van der Waals surface area contributed by atoms with Crippen LogP contribution in [0.1, 0.15) is 31.4 Å². The molecule has 1 saturated heterocycles. The van der Waals surface area contributed by atoms with Crippen molar-refractivity contribution in [3.8, 4) is 11.8 Å². The van der Waals surface area contributed by atoms with Crippen molar-refractivity contribution in [3.63, 3.8) is 0 Å². The van der Waals surface area contributed by atoms with Crippen LogP contribution < -0.4 is 0 Å². The number of ether oxygens (including phenoxy) is 1. The van der Waals surface area contributed by atoms with Gasteiger partial charge in [-0.1, -0.05) is 17.9 Å². The van der Waals surface area contributed by atoms with Gasteiger partial charge in [0.25, 0.3) is 0 Å². The molecule has 0 aliphatic carbocycles. The SMILES string of the molecule is CC1CN(Cc2ccc(F)cc2C#CCCO)C(C)CO1. The van der Waals surface area contributed by atoms with Crippen LogP contribution in [0.4, 0.5) is 4.39 Å². The average Bonchev–Trinajstić information content (AvgIpc) is 2.46. The third-order valence-electron chi connectivity index (χ3n) is 3.64. The lowest BCUT2D eigenvalue weighted by molar-refractivity contribution is -0.0527. The summed E-state index contributed by atoms with van der Waals surface area (Å²) in [4.78, 5) is 2.33. The number of aliphatic hydroxyl groups excluding tert-OH is 1. The summed E-state index contributed by atoms with van der Waals surface area (Å²) in [6.45, 7) is 6.53. The van der Waals surface area contributed by atoms with E-state index in [2.05, 4.69) is 30.6 Å². The molecule has 0 bridgehead atoms. The number of hydrogen-bond donors (Lipinski definition) is 1. The van der Waals surface area contributed by atoms with Crippen LogP contribution in [0.15, 0.2) is 18.2 Å². The van der Waals surface area contributed by atoms with E-state index in [0.717, 1.165) is 18.7 Å². The summed E-state index contributed by atoms with van der Waals surface area (Å²) in [5, 5.41) is 8.79. The van der Waals surface area contributed by atoms with Crippen LogP contribution in [0.25, 0.3) is 0 Å². The summed E-state index contributed by atoms with van der Waals surface area (Å²) in [7, 11) is 0. The summed E-state index contributed by atoms with van der Waals surface area (Å²) in [5.74, 6) is 5.55. The summed E-state index contributed by atoms with van der Waals surface area (Å²) in [6, 6.07) is 5.07. The molecule has 2 rings (SSSR count). The number of morpholine rings is 1. The van der Waals surface area contributed by atoms with Crippen molar-refractivity contribution in [1.29, 1.82) is 0 Å². The van der Waals surface area contributed by atoms with Gasteiger partial charge in [0.15, 0.2) is 0 Å². The molecule has 0 amide bonds. The van der Waals surface area contributed by atoms with E-state index >= 15 is 0 Å². The number of nitrogens with zero attached hydrogens (tertiary/aromatic N) is 1. The first-order valence-corrected chi connectivity index (χ1v) is 7.34. The van der Waals surface area contributed by atoms with E-state index in [4.69, 9.17) is 9.84 Å². The van der Waals surface area contributed by atoms with Crippen LogP contribution >= 0.6 is 0 Å². The molecule has 3 nitrogen and oxygen atoms in total. The highest BCUT2D eigenvalue weighted by Gasteiger charge is 2.23. The van der Waals surface area contributed by atoms with Gasteiger partial charge in [0.2, 0.25) is 0 Å². The van der Waals surface area contributed by atoms with Crippen LogP contribution in [-0.4, -0.2) is 41.9 Å². The zero-order valence-corrected chi connectivity index (χ0v) is 12.6. The van der Waals surface area contributed by atoms with Crippen molar-refractivity contribution >= 4 is 0 Å². The Bertz CT molecular complexity index is 535. The van der Waals surface area contributed by atoms with Crippen molar-refractivity contribution in [1.82, 2.24) is 4.90 Å². The van der Waals surface area contributed by atoms with Crippen LogP contribution in [0.5, 0.6) is 0 Å². The maximum Gasteiger partial charge on any atom is 0.124 e. The van der Waals surface area contributed by atoms with Crippen molar-refractivity contribution in [2.24, 2.45) is 0 Å². The molecule has 2 unspecified atom stereocenters. The number of hydrogen-bond acceptors (Lipinski definition) is 3. The zero-order chi connectivity index (χ0) is 15.2. The second kappa shape index (κ2) is 7.56. The van der Waals surface area contributed by atoms with Crippen molar-refractivity contribution in [2.45, 2.75) is 39.0 Å². The predicted octanol–water partition coefficient (Wildman–Crippen LogP) is 2.17. The Morgan fingerprint density at radius 1 is 1.43 bits per heavy atom. The molecule has 0 saturated carbocycles. The van der Waals surface area contributed by atoms with Gasteiger partial charge in [-0.05, 0) is 31.5 Å². The molecule has 4 heteroatoms. The Morgan fingerprint density at radius 2 is 2.24 bits per heavy atom. The molecule has 1 N–H and O–H groups in total. The topological polar surface area (TPSA) is 32.7 Å². The monoisotopic (exact) mass is 291 g/mol. The molecule has 114 valence electrons. The third-order valence-corrected chi connectivity index (χ3v) is 3.64. The Morgan fingerprint density at radius 3 is 3.00 bits per heavy atom. The lowest BCUT2D eigenvalue weighted by atomic mass is 10.1. The molecule has 1 heterocycles. The van der Waals surface area contributed by atoms with Gasteiger partial charge in [0.05, 0.1) is 19.3 Å². The average molecular weight is 291 g/mol. The lowest BCUT2D eigenvalue weighted by Crippen LogP contribution is -2.46. The van der Waals surface area contributed by atoms with E-state index in [1.807, 2.05) is 0 Å². The number of halogens is 1. The first-order valence-electron chi connectivity index (χ1n) is 7.34. The predicted molar refractivity (Wildman–Crippen MR) is 80.3 cm³/mol. The molecule has 0 spiro atoms. The second-order valence-corrected chi connectivity index (χ2v) is 5.50. The summed E-state index contributed by atoms with van der Waals surface area (Å²) in [6.07, 6.45) is 0.617. The van der Waals surface area contributed by atoms with E-state index in [-0.39, 0.29) is 18.5 Å². The van der Waals surface area contributed by atoms with Crippen LogP contribution in [0.2, 0.25) is 0 Å². The first-order chi connectivity index (χ1) is 10.1. The minimum absolute atomic E-state index is 0.0235. The Hall–Kier alpha value is -1.41. The molecule has 1 aliphatic heterocycles. The summed E-state index contributed by atoms with van der Waals surface area (Å²) < 4.78 is 19.1.